The zero-order valence-corrected chi connectivity index (χ0v) is 49.1. The molecule has 4 aromatic heterocycles. The van der Waals surface area contributed by atoms with E-state index in [-0.39, 0.29) is 83.6 Å². The number of ketones is 4. The number of benzene rings is 6. The van der Waals surface area contributed by atoms with Crippen molar-refractivity contribution in [1.29, 1.82) is 0 Å². The average Bonchev–Trinajstić information content (AvgIpc) is 1.50. The highest BCUT2D eigenvalue weighted by molar-refractivity contribution is 7.34. The fourth-order valence-electron chi connectivity index (χ4n) is 11.1. The molecule has 0 bridgehead atoms. The number of carbonyl (C=O) groups excluding carboxylic acids is 8. The Morgan fingerprint density at radius 3 is 1.02 bits per heavy atom. The molecule has 90 heavy (non-hydrogen) atoms. The molecule has 444 valence electrons. The van der Waals surface area contributed by atoms with Gasteiger partial charge in [0, 0.05) is 44.2 Å². The first-order chi connectivity index (χ1) is 43.5. The lowest BCUT2D eigenvalue weighted by Gasteiger charge is -2.33. The molecule has 14 nitrogen and oxygen atoms in total. The number of carbonyl (C=O) groups is 8. The molecule has 14 rings (SSSR count). The average molecular weight is 1280 g/mol. The Labute approximate surface area is 521 Å². The molecule has 6 heterocycles. The van der Waals surface area contributed by atoms with E-state index in [0.29, 0.717) is 34.4 Å². The van der Waals surface area contributed by atoms with Crippen LogP contribution in [0.1, 0.15) is 75.0 Å². The van der Waals surface area contributed by atoms with E-state index in [1.807, 2.05) is 0 Å². The van der Waals surface area contributed by atoms with Gasteiger partial charge in [0.1, 0.15) is 61.2 Å². The number of esters is 4. The SMILES string of the molecule is O=C1C(=O)c2c(F)cc(F)cc2/C1=C/c1cc2c(s1)-c1sc3c4c(sc3c1C(C(=O)OCc1ccccc1)(C(=O)OCc1ccccc1)O2)-c1sc(/C=C2\C(=O)C(=O)c3c(F)cc(F)cc32)cc1OC4(C(=O)OCc1ccccc1)C(=O)OCc1ccccc1. The smallest absolute Gasteiger partial charge is 0.367 e. The normalized spacial score (nSPS) is 15.5. The molecule has 0 amide bonds. The van der Waals surface area contributed by atoms with Gasteiger partial charge in [-0.3, -0.25) is 19.2 Å². The van der Waals surface area contributed by atoms with Crippen molar-refractivity contribution in [3.8, 4) is 31.0 Å². The summed E-state index contributed by atoms with van der Waals surface area (Å²) < 4.78 is 98.2. The summed E-state index contributed by atoms with van der Waals surface area (Å²) in [5.41, 5.74) is -6.98. The van der Waals surface area contributed by atoms with Crippen LogP contribution in [0.5, 0.6) is 11.5 Å². The Bertz CT molecular complexity index is 4420. The summed E-state index contributed by atoms with van der Waals surface area (Å²) in [5, 5.41) is 0. The molecule has 2 aliphatic heterocycles. The summed E-state index contributed by atoms with van der Waals surface area (Å²) in [6, 6.07) is 39.3. The molecule has 2 aliphatic carbocycles. The second kappa shape index (κ2) is 22.4. The van der Waals surface area contributed by atoms with Crippen LogP contribution >= 0.6 is 45.3 Å². The number of fused-ring (bicyclic) bond motifs is 11. The summed E-state index contributed by atoms with van der Waals surface area (Å²) in [5.74, 6) is -14.9. The van der Waals surface area contributed by atoms with E-state index in [0.717, 1.165) is 57.5 Å². The van der Waals surface area contributed by atoms with Gasteiger partial charge in [0.25, 0.3) is 0 Å². The van der Waals surface area contributed by atoms with Crippen LogP contribution in [0.25, 0.3) is 52.2 Å². The highest BCUT2D eigenvalue weighted by Crippen LogP contribution is 2.64. The third-order valence-corrected chi connectivity index (χ3v) is 20.2. The van der Waals surface area contributed by atoms with Crippen molar-refractivity contribution >= 4 is 125 Å². The summed E-state index contributed by atoms with van der Waals surface area (Å²) in [6.45, 7) is -1.65. The lowest BCUT2D eigenvalue weighted by molar-refractivity contribution is -0.184. The van der Waals surface area contributed by atoms with Crippen LogP contribution in [0.3, 0.4) is 0 Å². The van der Waals surface area contributed by atoms with Gasteiger partial charge in [-0.2, -0.15) is 0 Å². The van der Waals surface area contributed by atoms with Gasteiger partial charge in [-0.25, -0.2) is 36.7 Å². The summed E-state index contributed by atoms with van der Waals surface area (Å²) >= 11 is 3.60. The molecule has 4 aliphatic rings. The molecule has 10 aromatic rings. The van der Waals surface area contributed by atoms with Gasteiger partial charge in [-0.15, -0.1) is 45.3 Å². The fourth-order valence-corrected chi connectivity index (χ4v) is 16.5. The number of hydrogen-bond acceptors (Lipinski definition) is 18. The van der Waals surface area contributed by atoms with Crippen molar-refractivity contribution in [3.05, 3.63) is 246 Å². The molecular weight excluding hydrogens is 1240 g/mol. The highest BCUT2D eigenvalue weighted by atomic mass is 32.1. The predicted molar refractivity (Wildman–Crippen MR) is 323 cm³/mol. The van der Waals surface area contributed by atoms with Crippen LogP contribution < -0.4 is 9.47 Å². The molecule has 6 aromatic carbocycles. The molecule has 22 heteroatoms. The van der Waals surface area contributed by atoms with Crippen LogP contribution in [-0.2, 0) is 85.3 Å². The van der Waals surface area contributed by atoms with Gasteiger partial charge in [0.15, 0.2) is 0 Å². The number of rotatable bonds is 14. The fraction of sp³-hybridized carbons (Fsp3) is 0.0882. The van der Waals surface area contributed by atoms with Crippen molar-refractivity contribution in [1.82, 2.24) is 0 Å². The van der Waals surface area contributed by atoms with Crippen molar-refractivity contribution in [2.45, 2.75) is 37.6 Å². The Hall–Kier alpha value is -10.3. The van der Waals surface area contributed by atoms with Crippen LogP contribution in [0.2, 0.25) is 0 Å². The first-order valence-corrected chi connectivity index (χ1v) is 30.5. The highest BCUT2D eigenvalue weighted by Gasteiger charge is 2.64. The summed E-state index contributed by atoms with van der Waals surface area (Å²) in [6.07, 6.45) is 2.43. The predicted octanol–water partition coefficient (Wildman–Crippen LogP) is 13.7. The van der Waals surface area contributed by atoms with Gasteiger partial charge in [0.2, 0.25) is 23.1 Å². The minimum atomic E-state index is -2.95. The van der Waals surface area contributed by atoms with E-state index in [2.05, 4.69) is 0 Å². The number of halogens is 4. The molecule has 0 radical (unpaired) electrons. The quantitative estimate of drug-likeness (QED) is 0.0249. The van der Waals surface area contributed by atoms with E-state index in [4.69, 9.17) is 28.4 Å². The second-order valence-electron chi connectivity index (χ2n) is 20.8. The third kappa shape index (κ3) is 9.48. The Morgan fingerprint density at radius 2 is 0.711 bits per heavy atom. The van der Waals surface area contributed by atoms with Gasteiger partial charge >= 0.3 is 35.1 Å². The maximum Gasteiger partial charge on any atom is 0.367 e. The van der Waals surface area contributed by atoms with Gasteiger partial charge in [-0.05, 0) is 58.7 Å². The topological polar surface area (TPSA) is 192 Å². The monoisotopic (exact) mass is 1280 g/mol. The second-order valence-corrected chi connectivity index (χ2v) is 25.0. The van der Waals surface area contributed by atoms with Crippen LogP contribution in [0, 0.1) is 23.3 Å². The zero-order valence-electron chi connectivity index (χ0n) is 45.9. The van der Waals surface area contributed by atoms with Crippen molar-refractivity contribution in [2.24, 2.45) is 0 Å². The van der Waals surface area contributed by atoms with Gasteiger partial charge in [0.05, 0.1) is 51.2 Å². The maximum atomic E-state index is 15.7. The van der Waals surface area contributed by atoms with E-state index >= 15 is 28.0 Å². The zero-order chi connectivity index (χ0) is 62.3. The molecule has 0 spiro atoms. The molecule has 0 unspecified atom stereocenters. The maximum absolute atomic E-state index is 15.7. The molecule has 0 fully saturated rings. The van der Waals surface area contributed by atoms with E-state index in [1.165, 1.54) is 24.3 Å². The van der Waals surface area contributed by atoms with E-state index < -0.39 is 119 Å². The Balaban J connectivity index is 1.03. The number of allylic oxidation sites excluding steroid dienone is 2. The number of Topliss-reactive ketones (excluding diaryl/α,β-unsaturated/α-hetero) is 4. The molecule has 0 atom stereocenters. The van der Waals surface area contributed by atoms with Crippen molar-refractivity contribution in [3.63, 3.8) is 0 Å². The first-order valence-electron chi connectivity index (χ1n) is 27.2. The summed E-state index contributed by atoms with van der Waals surface area (Å²) in [7, 11) is 0. The van der Waals surface area contributed by atoms with Crippen LogP contribution in [-0.4, -0.2) is 47.0 Å². The Morgan fingerprint density at radius 1 is 0.400 bits per heavy atom. The minimum absolute atomic E-state index is 0.0287. The lowest BCUT2D eigenvalue weighted by atomic mass is 9.88. The standard InChI is InChI=1S/C68H36F4O14S4/c69-37-21-41-43(53(73)55(75)49(41)45(71)23-37)25-39-27-47-57(87-39)59-51(67(85-47,63(77)81-29-33-13-5-1-6-14-33)64(78)82-30-34-15-7-2-8-16-34)61-62(89-59)52-60(90-61)58-48(28-40(88-58)26-44-42-22-38(70)24-46(72)50(42)56(76)54(44)74)86-68(52,65(79)83-31-35-17-9-3-10-18-35)66(80)84-32-36-19-11-4-12-20-36/h1-28H,29-32H2/b43-25-,44-26-. The summed E-state index contributed by atoms with van der Waals surface area (Å²) in [4.78, 5) is 118. The molecule has 0 saturated heterocycles. The van der Waals surface area contributed by atoms with Gasteiger partial charge < -0.3 is 28.4 Å². The number of ether oxygens (including phenoxy) is 6. The van der Waals surface area contributed by atoms with E-state index in [9.17, 15) is 28.0 Å². The number of hydrogen-bond donors (Lipinski definition) is 0. The Kier molecular flexibility index (Phi) is 14.3. The van der Waals surface area contributed by atoms with Crippen molar-refractivity contribution < 1.29 is 84.3 Å². The van der Waals surface area contributed by atoms with Crippen LogP contribution in [0.15, 0.2) is 158 Å². The molecule has 0 N–H and O–H groups in total. The molecular formula is C68H36F4O14S4. The third-order valence-electron chi connectivity index (χ3n) is 15.2. The minimum Gasteiger partial charge on any atom is -0.458 e. The lowest BCUT2D eigenvalue weighted by Crippen LogP contribution is -2.52. The van der Waals surface area contributed by atoms with E-state index in [1.54, 1.807) is 121 Å². The van der Waals surface area contributed by atoms with Crippen molar-refractivity contribution in [2.75, 3.05) is 0 Å². The first kappa shape index (κ1) is 57.5. The largest absolute Gasteiger partial charge is 0.458 e. The molecule has 0 saturated carbocycles. The van der Waals surface area contributed by atoms with Crippen LogP contribution in [0.4, 0.5) is 17.6 Å². The number of thiophene rings is 4. The van der Waals surface area contributed by atoms with Gasteiger partial charge in [-0.1, -0.05) is 121 Å².